The quantitative estimate of drug-likeness (QED) is 0.757. The van der Waals surface area contributed by atoms with Crippen molar-refractivity contribution in [2.75, 3.05) is 6.54 Å². The maximum absolute atomic E-state index is 4.19. The molecule has 15 heavy (non-hydrogen) atoms. The first-order chi connectivity index (χ1) is 7.03. The number of fused-ring (bicyclic) bond motifs is 1. The van der Waals surface area contributed by atoms with Gasteiger partial charge in [0.05, 0.1) is 6.54 Å². The number of nitrogens with one attached hydrogen (secondary N) is 1. The van der Waals surface area contributed by atoms with Gasteiger partial charge in [0.1, 0.15) is 11.6 Å². The van der Waals surface area contributed by atoms with Crippen LogP contribution in [0, 0.1) is 18.3 Å². The van der Waals surface area contributed by atoms with E-state index in [9.17, 15) is 0 Å². The molecule has 1 aromatic rings. The number of hydrogen-bond acceptors (Lipinski definition) is 3. The van der Waals surface area contributed by atoms with E-state index in [-0.39, 0.29) is 0 Å². The number of aromatic nitrogens is 3. The number of hydrogen-bond donors (Lipinski definition) is 1. The van der Waals surface area contributed by atoms with E-state index in [2.05, 4.69) is 40.9 Å². The Balaban J connectivity index is 2.34. The molecular weight excluding hydrogens is 188 g/mol. The molecule has 0 amide bonds. The second kappa shape index (κ2) is 3.59. The fourth-order valence-corrected chi connectivity index (χ4v) is 2.02. The molecule has 4 nitrogen and oxygen atoms in total. The summed E-state index contributed by atoms with van der Waals surface area (Å²) in [5.74, 6) is 2.75. The highest BCUT2D eigenvalue weighted by atomic mass is 15.3. The third kappa shape index (κ3) is 1.78. The van der Waals surface area contributed by atoms with Crippen LogP contribution >= 0.6 is 0 Å². The van der Waals surface area contributed by atoms with Crippen molar-refractivity contribution in [3.63, 3.8) is 0 Å². The summed E-state index contributed by atoms with van der Waals surface area (Å²) in [4.78, 5) is 0. The maximum Gasteiger partial charge on any atom is 0.147 e. The average Bonchev–Trinajstić information content (AvgIpc) is 2.43. The summed E-state index contributed by atoms with van der Waals surface area (Å²) in [7, 11) is 0. The van der Waals surface area contributed by atoms with Gasteiger partial charge in [-0.2, -0.15) is 0 Å². The lowest BCUT2D eigenvalue weighted by molar-refractivity contribution is 0.183. The van der Waals surface area contributed by atoms with E-state index in [1.165, 1.54) is 0 Å². The Morgan fingerprint density at radius 1 is 1.40 bits per heavy atom. The van der Waals surface area contributed by atoms with Gasteiger partial charge in [0.15, 0.2) is 0 Å². The Morgan fingerprint density at radius 2 is 2.13 bits per heavy atom. The van der Waals surface area contributed by atoms with Crippen LogP contribution in [0.2, 0.25) is 0 Å². The Bertz CT molecular complexity index is 355. The van der Waals surface area contributed by atoms with Crippen LogP contribution < -0.4 is 5.32 Å². The smallest absolute Gasteiger partial charge is 0.147 e. The lowest BCUT2D eigenvalue weighted by Crippen LogP contribution is -2.36. The predicted molar refractivity (Wildman–Crippen MR) is 59.4 cm³/mol. The van der Waals surface area contributed by atoms with Crippen molar-refractivity contribution in [1.29, 1.82) is 0 Å². The zero-order valence-corrected chi connectivity index (χ0v) is 10.0. The van der Waals surface area contributed by atoms with Gasteiger partial charge >= 0.3 is 0 Å². The van der Waals surface area contributed by atoms with Crippen molar-refractivity contribution in [2.24, 2.45) is 11.3 Å². The molecule has 1 unspecified atom stereocenters. The maximum atomic E-state index is 4.19. The van der Waals surface area contributed by atoms with Crippen LogP contribution in [0.4, 0.5) is 0 Å². The molecule has 84 valence electrons. The van der Waals surface area contributed by atoms with E-state index < -0.39 is 0 Å². The van der Waals surface area contributed by atoms with Gasteiger partial charge in [-0.1, -0.05) is 20.8 Å². The first kappa shape index (κ1) is 10.6. The topological polar surface area (TPSA) is 42.7 Å². The second-order valence-corrected chi connectivity index (χ2v) is 5.16. The van der Waals surface area contributed by atoms with Gasteiger partial charge in [-0.3, -0.25) is 0 Å². The van der Waals surface area contributed by atoms with E-state index in [1.54, 1.807) is 0 Å². The van der Waals surface area contributed by atoms with Gasteiger partial charge in [-0.05, 0) is 12.8 Å². The molecule has 1 N–H and O–H groups in total. The monoisotopic (exact) mass is 208 g/mol. The summed E-state index contributed by atoms with van der Waals surface area (Å²) in [5.41, 5.74) is 0.290. The van der Waals surface area contributed by atoms with Crippen LogP contribution in [0.3, 0.4) is 0 Å². The summed E-state index contributed by atoms with van der Waals surface area (Å²) < 4.78 is 2.25. The molecule has 1 atom stereocenters. The van der Waals surface area contributed by atoms with Crippen LogP contribution in [0.15, 0.2) is 0 Å². The second-order valence-electron chi connectivity index (χ2n) is 5.16. The molecule has 0 spiro atoms. The SMILES string of the molecule is Cc1nnc2n1CC(C)(C(C)C)CNC2. The summed E-state index contributed by atoms with van der Waals surface area (Å²) in [6.45, 7) is 11.8. The minimum atomic E-state index is 0.290. The fourth-order valence-electron chi connectivity index (χ4n) is 2.02. The zero-order valence-electron chi connectivity index (χ0n) is 10.0. The van der Waals surface area contributed by atoms with Crippen molar-refractivity contribution in [3.05, 3.63) is 11.6 Å². The average molecular weight is 208 g/mol. The molecule has 0 radical (unpaired) electrons. The van der Waals surface area contributed by atoms with E-state index in [0.717, 1.165) is 31.3 Å². The molecule has 1 aromatic heterocycles. The van der Waals surface area contributed by atoms with Gasteiger partial charge < -0.3 is 9.88 Å². The Labute approximate surface area is 91.1 Å². The standard InChI is InChI=1S/C11H20N4/c1-8(2)11(4)6-12-5-10-14-13-9(3)15(10)7-11/h8,12H,5-7H2,1-4H3. The normalized spacial score (nSPS) is 26.5. The summed E-state index contributed by atoms with van der Waals surface area (Å²) in [6.07, 6.45) is 0. The molecule has 1 aliphatic rings. The molecular formula is C11H20N4. The first-order valence-corrected chi connectivity index (χ1v) is 5.62. The molecule has 0 saturated carbocycles. The van der Waals surface area contributed by atoms with Crippen molar-refractivity contribution in [3.8, 4) is 0 Å². The molecule has 0 bridgehead atoms. The third-order valence-corrected chi connectivity index (χ3v) is 3.74. The molecule has 0 aliphatic carbocycles. The first-order valence-electron chi connectivity index (χ1n) is 5.62. The minimum Gasteiger partial charge on any atom is -0.314 e. The third-order valence-electron chi connectivity index (χ3n) is 3.74. The highest BCUT2D eigenvalue weighted by Gasteiger charge is 2.32. The van der Waals surface area contributed by atoms with Gasteiger partial charge in [0, 0.05) is 18.5 Å². The fraction of sp³-hybridized carbons (Fsp3) is 0.818. The van der Waals surface area contributed by atoms with Crippen LogP contribution in [-0.4, -0.2) is 21.3 Å². The molecule has 2 heterocycles. The predicted octanol–water partition coefficient (Wildman–Crippen LogP) is 1.35. The highest BCUT2D eigenvalue weighted by molar-refractivity contribution is 4.99. The summed E-state index contributed by atoms with van der Waals surface area (Å²) in [6, 6.07) is 0. The Kier molecular flexibility index (Phi) is 2.54. The van der Waals surface area contributed by atoms with Crippen LogP contribution in [0.25, 0.3) is 0 Å². The van der Waals surface area contributed by atoms with Crippen molar-refractivity contribution >= 4 is 0 Å². The Morgan fingerprint density at radius 3 is 2.80 bits per heavy atom. The van der Waals surface area contributed by atoms with E-state index in [4.69, 9.17) is 0 Å². The number of aryl methyl sites for hydroxylation is 1. The van der Waals surface area contributed by atoms with E-state index in [1.807, 2.05) is 6.92 Å². The van der Waals surface area contributed by atoms with Crippen LogP contribution in [-0.2, 0) is 13.1 Å². The lowest BCUT2D eigenvalue weighted by atomic mass is 9.79. The molecule has 0 saturated heterocycles. The van der Waals surface area contributed by atoms with Crippen LogP contribution in [0.1, 0.15) is 32.4 Å². The molecule has 0 fully saturated rings. The largest absolute Gasteiger partial charge is 0.314 e. The van der Waals surface area contributed by atoms with Gasteiger partial charge in [-0.25, -0.2) is 0 Å². The molecule has 2 rings (SSSR count). The lowest BCUT2D eigenvalue weighted by Gasteiger charge is -2.33. The van der Waals surface area contributed by atoms with E-state index in [0.29, 0.717) is 11.3 Å². The molecule has 1 aliphatic heterocycles. The van der Waals surface area contributed by atoms with Crippen LogP contribution in [0.5, 0.6) is 0 Å². The van der Waals surface area contributed by atoms with Gasteiger partial charge in [-0.15, -0.1) is 10.2 Å². The number of nitrogens with zero attached hydrogens (tertiary/aromatic N) is 3. The summed E-state index contributed by atoms with van der Waals surface area (Å²) in [5, 5.41) is 11.8. The van der Waals surface area contributed by atoms with E-state index >= 15 is 0 Å². The van der Waals surface area contributed by atoms with Crippen molar-refractivity contribution in [2.45, 2.75) is 40.8 Å². The summed E-state index contributed by atoms with van der Waals surface area (Å²) >= 11 is 0. The number of rotatable bonds is 1. The van der Waals surface area contributed by atoms with Crippen molar-refractivity contribution < 1.29 is 0 Å². The Hall–Kier alpha value is -0.900. The molecule has 4 heteroatoms. The van der Waals surface area contributed by atoms with Gasteiger partial charge in [0.2, 0.25) is 0 Å². The zero-order chi connectivity index (χ0) is 11.1. The molecule has 0 aromatic carbocycles. The van der Waals surface area contributed by atoms with Gasteiger partial charge in [0.25, 0.3) is 0 Å². The highest BCUT2D eigenvalue weighted by Crippen LogP contribution is 2.30. The van der Waals surface area contributed by atoms with Crippen molar-refractivity contribution in [1.82, 2.24) is 20.1 Å². The minimum absolute atomic E-state index is 0.290.